The summed E-state index contributed by atoms with van der Waals surface area (Å²) < 4.78 is 0. The molecule has 0 amide bonds. The zero-order valence-electron chi connectivity index (χ0n) is 6.18. The molecule has 0 aromatic carbocycles. The second kappa shape index (κ2) is 2.51. The van der Waals surface area contributed by atoms with E-state index in [1.54, 1.807) is 0 Å². The van der Waals surface area contributed by atoms with Crippen LogP contribution in [-0.2, 0) is 4.79 Å². The van der Waals surface area contributed by atoms with Gasteiger partial charge in [0.1, 0.15) is 5.78 Å². The first-order valence-corrected chi connectivity index (χ1v) is 3.75. The standard InChI is InChI=1S/C8H14O/c1-3-7-5-8(9)4-6(7)2/h6-7H,3-5H2,1-2H3/t6?,7-/m0/s1. The Kier molecular flexibility index (Phi) is 1.89. The van der Waals surface area contributed by atoms with Crippen molar-refractivity contribution in [3.63, 3.8) is 0 Å². The van der Waals surface area contributed by atoms with Gasteiger partial charge in [0.2, 0.25) is 0 Å². The molecular formula is C8H14O. The van der Waals surface area contributed by atoms with Gasteiger partial charge in [-0.1, -0.05) is 20.3 Å². The normalized spacial score (nSPS) is 35.6. The fourth-order valence-corrected chi connectivity index (χ4v) is 1.65. The van der Waals surface area contributed by atoms with Gasteiger partial charge < -0.3 is 0 Å². The van der Waals surface area contributed by atoms with E-state index < -0.39 is 0 Å². The molecule has 1 nitrogen and oxygen atoms in total. The van der Waals surface area contributed by atoms with Crippen LogP contribution in [0.5, 0.6) is 0 Å². The first kappa shape index (κ1) is 6.79. The molecule has 1 heteroatoms. The van der Waals surface area contributed by atoms with Gasteiger partial charge in [0.25, 0.3) is 0 Å². The first-order chi connectivity index (χ1) is 4.24. The molecule has 1 aliphatic carbocycles. The Morgan fingerprint density at radius 3 is 2.44 bits per heavy atom. The van der Waals surface area contributed by atoms with Crippen molar-refractivity contribution in [1.82, 2.24) is 0 Å². The molecule has 0 aliphatic heterocycles. The minimum Gasteiger partial charge on any atom is -0.300 e. The Morgan fingerprint density at radius 1 is 1.56 bits per heavy atom. The van der Waals surface area contributed by atoms with Crippen LogP contribution in [0.2, 0.25) is 0 Å². The fraction of sp³-hybridized carbons (Fsp3) is 0.875. The molecule has 52 valence electrons. The quantitative estimate of drug-likeness (QED) is 0.525. The zero-order valence-corrected chi connectivity index (χ0v) is 6.18. The van der Waals surface area contributed by atoms with Crippen LogP contribution in [0.3, 0.4) is 0 Å². The molecular weight excluding hydrogens is 112 g/mol. The van der Waals surface area contributed by atoms with E-state index >= 15 is 0 Å². The molecule has 0 heterocycles. The average Bonchev–Trinajstić information content (AvgIpc) is 2.10. The number of ketones is 1. The van der Waals surface area contributed by atoms with E-state index in [4.69, 9.17) is 0 Å². The van der Waals surface area contributed by atoms with Crippen molar-refractivity contribution in [3.05, 3.63) is 0 Å². The van der Waals surface area contributed by atoms with Crippen molar-refractivity contribution in [3.8, 4) is 0 Å². The third kappa shape index (κ3) is 1.32. The van der Waals surface area contributed by atoms with E-state index in [2.05, 4.69) is 13.8 Å². The Morgan fingerprint density at radius 2 is 2.22 bits per heavy atom. The molecule has 0 N–H and O–H groups in total. The van der Waals surface area contributed by atoms with Gasteiger partial charge in [-0.3, -0.25) is 4.79 Å². The predicted molar refractivity (Wildman–Crippen MR) is 37.2 cm³/mol. The highest BCUT2D eigenvalue weighted by Crippen LogP contribution is 2.30. The summed E-state index contributed by atoms with van der Waals surface area (Å²) in [5.74, 6) is 1.81. The van der Waals surface area contributed by atoms with Gasteiger partial charge in [-0.25, -0.2) is 0 Å². The number of carbonyl (C=O) groups excluding carboxylic acids is 1. The maximum atomic E-state index is 10.8. The van der Waals surface area contributed by atoms with Crippen molar-refractivity contribution in [2.75, 3.05) is 0 Å². The lowest BCUT2D eigenvalue weighted by Gasteiger charge is -2.08. The summed E-state index contributed by atoms with van der Waals surface area (Å²) in [7, 11) is 0. The molecule has 1 saturated carbocycles. The van der Waals surface area contributed by atoms with E-state index in [0.717, 1.165) is 12.8 Å². The van der Waals surface area contributed by atoms with Gasteiger partial charge >= 0.3 is 0 Å². The molecule has 9 heavy (non-hydrogen) atoms. The van der Waals surface area contributed by atoms with E-state index in [0.29, 0.717) is 17.6 Å². The second-order valence-corrected chi connectivity index (χ2v) is 3.09. The Hall–Kier alpha value is -0.330. The molecule has 0 aromatic heterocycles. The first-order valence-electron chi connectivity index (χ1n) is 3.75. The van der Waals surface area contributed by atoms with Crippen LogP contribution < -0.4 is 0 Å². The lowest BCUT2D eigenvalue weighted by atomic mass is 9.96. The lowest BCUT2D eigenvalue weighted by molar-refractivity contribution is -0.117. The molecule has 1 rings (SSSR count). The highest BCUT2D eigenvalue weighted by atomic mass is 16.1. The minimum atomic E-state index is 0.467. The van der Waals surface area contributed by atoms with Crippen LogP contribution in [0.15, 0.2) is 0 Å². The van der Waals surface area contributed by atoms with Gasteiger partial charge in [0.15, 0.2) is 0 Å². The number of carbonyl (C=O) groups is 1. The summed E-state index contributed by atoms with van der Waals surface area (Å²) in [6, 6.07) is 0. The average molecular weight is 126 g/mol. The summed E-state index contributed by atoms with van der Waals surface area (Å²) in [5, 5.41) is 0. The van der Waals surface area contributed by atoms with Crippen molar-refractivity contribution in [2.24, 2.45) is 11.8 Å². The van der Waals surface area contributed by atoms with Crippen molar-refractivity contribution >= 4 is 5.78 Å². The second-order valence-electron chi connectivity index (χ2n) is 3.09. The molecule has 0 saturated heterocycles. The van der Waals surface area contributed by atoms with E-state index in [-0.39, 0.29) is 0 Å². The predicted octanol–water partition coefficient (Wildman–Crippen LogP) is 2.01. The van der Waals surface area contributed by atoms with Crippen molar-refractivity contribution < 1.29 is 4.79 Å². The minimum absolute atomic E-state index is 0.467. The third-order valence-electron chi connectivity index (χ3n) is 2.37. The van der Waals surface area contributed by atoms with Gasteiger partial charge in [0.05, 0.1) is 0 Å². The summed E-state index contributed by atoms with van der Waals surface area (Å²) in [4.78, 5) is 10.8. The number of hydrogen-bond acceptors (Lipinski definition) is 1. The van der Waals surface area contributed by atoms with E-state index in [1.807, 2.05) is 0 Å². The third-order valence-corrected chi connectivity index (χ3v) is 2.37. The van der Waals surface area contributed by atoms with Crippen LogP contribution in [0, 0.1) is 11.8 Å². The van der Waals surface area contributed by atoms with Gasteiger partial charge in [-0.2, -0.15) is 0 Å². The van der Waals surface area contributed by atoms with Crippen LogP contribution >= 0.6 is 0 Å². The largest absolute Gasteiger partial charge is 0.300 e. The van der Waals surface area contributed by atoms with Crippen LogP contribution in [0.4, 0.5) is 0 Å². The smallest absolute Gasteiger partial charge is 0.133 e. The molecule has 1 fully saturated rings. The van der Waals surface area contributed by atoms with Crippen LogP contribution in [0.1, 0.15) is 33.1 Å². The van der Waals surface area contributed by atoms with Gasteiger partial charge in [-0.05, 0) is 11.8 Å². The topological polar surface area (TPSA) is 17.1 Å². The van der Waals surface area contributed by atoms with Gasteiger partial charge in [-0.15, -0.1) is 0 Å². The van der Waals surface area contributed by atoms with Crippen LogP contribution in [0.25, 0.3) is 0 Å². The SMILES string of the molecule is CC[C@H]1CC(=O)CC1C. The summed E-state index contributed by atoms with van der Waals surface area (Å²) >= 11 is 0. The highest BCUT2D eigenvalue weighted by molar-refractivity contribution is 5.81. The molecule has 0 spiro atoms. The summed E-state index contributed by atoms with van der Waals surface area (Å²) in [6.07, 6.45) is 2.85. The van der Waals surface area contributed by atoms with Crippen molar-refractivity contribution in [1.29, 1.82) is 0 Å². The zero-order chi connectivity index (χ0) is 6.85. The van der Waals surface area contributed by atoms with E-state index in [1.165, 1.54) is 6.42 Å². The molecule has 1 aliphatic rings. The molecule has 0 aromatic rings. The fourth-order valence-electron chi connectivity index (χ4n) is 1.65. The summed E-state index contributed by atoms with van der Waals surface area (Å²) in [5.41, 5.74) is 0. The molecule has 0 bridgehead atoms. The van der Waals surface area contributed by atoms with Crippen LogP contribution in [-0.4, -0.2) is 5.78 Å². The molecule has 0 radical (unpaired) electrons. The number of hydrogen-bond donors (Lipinski definition) is 0. The molecule has 2 atom stereocenters. The maximum Gasteiger partial charge on any atom is 0.133 e. The number of rotatable bonds is 1. The van der Waals surface area contributed by atoms with Crippen molar-refractivity contribution in [2.45, 2.75) is 33.1 Å². The summed E-state index contributed by atoms with van der Waals surface area (Å²) in [6.45, 7) is 4.35. The van der Waals surface area contributed by atoms with Gasteiger partial charge in [0, 0.05) is 12.8 Å². The maximum absolute atomic E-state index is 10.8. The Bertz CT molecular complexity index is 118. The monoisotopic (exact) mass is 126 g/mol. The Balaban J connectivity index is 2.47. The molecule has 1 unspecified atom stereocenters. The Labute approximate surface area is 56.4 Å². The highest BCUT2D eigenvalue weighted by Gasteiger charge is 2.27. The van der Waals surface area contributed by atoms with E-state index in [9.17, 15) is 4.79 Å². The number of Topliss-reactive ketones (excluding diaryl/α,β-unsaturated/α-hetero) is 1. The lowest BCUT2D eigenvalue weighted by Crippen LogP contribution is -2.00.